The number of hydrogen-bond donors (Lipinski definition) is 0. The molecule has 1 saturated heterocycles. The van der Waals surface area contributed by atoms with Gasteiger partial charge in [-0.3, -0.25) is 4.90 Å². The molecule has 0 radical (unpaired) electrons. The van der Waals surface area contributed by atoms with Crippen LogP contribution in [-0.2, 0) is 23.8 Å². The highest BCUT2D eigenvalue weighted by atomic mass is 16.5. The van der Waals surface area contributed by atoms with Crippen LogP contribution in [-0.4, -0.2) is 63.4 Å². The normalized spacial score (nSPS) is 17.0. The second kappa shape index (κ2) is 7.81. The van der Waals surface area contributed by atoms with Crippen LogP contribution in [0.25, 0.3) is 0 Å². The van der Waals surface area contributed by atoms with Gasteiger partial charge in [0.2, 0.25) is 0 Å². The highest BCUT2D eigenvalue weighted by Gasteiger charge is 2.10. The van der Waals surface area contributed by atoms with Crippen molar-refractivity contribution in [3.05, 3.63) is 12.2 Å². The Bertz CT molecular complexity index is 284. The summed E-state index contributed by atoms with van der Waals surface area (Å²) < 4.78 is 14.5. The first kappa shape index (κ1) is 13.7. The number of morpholine rings is 1. The van der Waals surface area contributed by atoms with E-state index in [0.29, 0.717) is 13.2 Å². The molecule has 17 heavy (non-hydrogen) atoms. The first-order valence-electron chi connectivity index (χ1n) is 5.45. The fourth-order valence-electron chi connectivity index (χ4n) is 1.35. The van der Waals surface area contributed by atoms with Crippen LogP contribution in [0.2, 0.25) is 0 Å². The third-order valence-corrected chi connectivity index (χ3v) is 2.31. The van der Waals surface area contributed by atoms with Crippen LogP contribution in [0.5, 0.6) is 0 Å². The molecule has 96 valence electrons. The molecule has 1 rings (SSSR count). The van der Waals surface area contributed by atoms with E-state index in [4.69, 9.17) is 9.47 Å². The monoisotopic (exact) mass is 243 g/mol. The standard InChI is InChI=1S/C11H17NO5/c1-15-10(13)2-3-11(14)17-9-6-12-4-7-16-8-5-12/h2-3H,4-9H2,1H3/b3-2+. The molecule has 0 unspecified atom stereocenters. The Labute approximate surface area is 100 Å². The Balaban J connectivity index is 2.11. The van der Waals surface area contributed by atoms with E-state index in [0.717, 1.165) is 38.5 Å². The van der Waals surface area contributed by atoms with Crippen molar-refractivity contribution in [3.8, 4) is 0 Å². The molecular formula is C11H17NO5. The molecule has 1 aliphatic rings. The Hall–Kier alpha value is -1.40. The van der Waals surface area contributed by atoms with Crippen molar-refractivity contribution in [3.63, 3.8) is 0 Å². The molecule has 0 N–H and O–H groups in total. The zero-order valence-electron chi connectivity index (χ0n) is 9.89. The van der Waals surface area contributed by atoms with E-state index in [1.165, 1.54) is 7.11 Å². The Morgan fingerprint density at radius 3 is 2.53 bits per heavy atom. The summed E-state index contributed by atoms with van der Waals surface area (Å²) in [6.07, 6.45) is 2.10. The Morgan fingerprint density at radius 1 is 1.24 bits per heavy atom. The lowest BCUT2D eigenvalue weighted by Crippen LogP contribution is -2.38. The summed E-state index contributed by atoms with van der Waals surface area (Å²) in [5.41, 5.74) is 0. The number of ether oxygens (including phenoxy) is 3. The number of esters is 2. The van der Waals surface area contributed by atoms with E-state index in [9.17, 15) is 9.59 Å². The summed E-state index contributed by atoms with van der Waals surface area (Å²) in [5, 5.41) is 0. The van der Waals surface area contributed by atoms with Gasteiger partial charge in [0.15, 0.2) is 0 Å². The summed E-state index contributed by atoms with van der Waals surface area (Å²) in [5.74, 6) is -1.11. The van der Waals surface area contributed by atoms with Crippen molar-refractivity contribution >= 4 is 11.9 Å². The zero-order chi connectivity index (χ0) is 12.5. The zero-order valence-corrected chi connectivity index (χ0v) is 9.89. The fraction of sp³-hybridized carbons (Fsp3) is 0.636. The summed E-state index contributed by atoms with van der Waals surface area (Å²) >= 11 is 0. The van der Waals surface area contributed by atoms with Gasteiger partial charge in [-0.2, -0.15) is 0 Å². The quantitative estimate of drug-likeness (QED) is 0.483. The molecule has 6 heteroatoms. The summed E-state index contributed by atoms with van der Waals surface area (Å²) in [7, 11) is 1.25. The number of carbonyl (C=O) groups excluding carboxylic acids is 2. The minimum absolute atomic E-state index is 0.310. The second-order valence-corrected chi connectivity index (χ2v) is 3.48. The molecule has 1 fully saturated rings. The topological polar surface area (TPSA) is 65.1 Å². The van der Waals surface area contributed by atoms with Crippen molar-refractivity contribution in [2.75, 3.05) is 46.6 Å². The first-order chi connectivity index (χ1) is 8.22. The van der Waals surface area contributed by atoms with Gasteiger partial charge >= 0.3 is 11.9 Å². The van der Waals surface area contributed by atoms with Crippen molar-refractivity contribution in [1.82, 2.24) is 4.90 Å². The van der Waals surface area contributed by atoms with Crippen LogP contribution in [0.4, 0.5) is 0 Å². The molecule has 1 heterocycles. The maximum atomic E-state index is 11.1. The predicted molar refractivity (Wildman–Crippen MR) is 59.4 cm³/mol. The Kier molecular flexibility index (Phi) is 6.27. The summed E-state index contributed by atoms with van der Waals surface area (Å²) in [4.78, 5) is 24.0. The molecule has 0 saturated carbocycles. The van der Waals surface area contributed by atoms with Crippen LogP contribution in [0, 0.1) is 0 Å². The van der Waals surface area contributed by atoms with Crippen LogP contribution >= 0.6 is 0 Å². The molecular weight excluding hydrogens is 226 g/mol. The average Bonchev–Trinajstić information content (AvgIpc) is 2.37. The van der Waals surface area contributed by atoms with Crippen molar-refractivity contribution < 1.29 is 23.8 Å². The first-order valence-corrected chi connectivity index (χ1v) is 5.45. The average molecular weight is 243 g/mol. The molecule has 0 bridgehead atoms. The molecule has 0 aromatic heterocycles. The summed E-state index contributed by atoms with van der Waals surface area (Å²) in [6.45, 7) is 4.14. The van der Waals surface area contributed by atoms with E-state index in [-0.39, 0.29) is 0 Å². The van der Waals surface area contributed by atoms with Gasteiger partial charge in [0, 0.05) is 31.8 Å². The van der Waals surface area contributed by atoms with Crippen molar-refractivity contribution in [1.29, 1.82) is 0 Å². The Morgan fingerprint density at radius 2 is 1.88 bits per heavy atom. The molecule has 0 spiro atoms. The third-order valence-electron chi connectivity index (χ3n) is 2.31. The maximum absolute atomic E-state index is 11.1. The minimum atomic E-state index is -0.574. The molecule has 1 aliphatic heterocycles. The maximum Gasteiger partial charge on any atom is 0.331 e. The van der Waals surface area contributed by atoms with Gasteiger partial charge in [0.25, 0.3) is 0 Å². The van der Waals surface area contributed by atoms with E-state index in [1.54, 1.807) is 0 Å². The van der Waals surface area contributed by atoms with Gasteiger partial charge in [0.1, 0.15) is 6.61 Å². The van der Waals surface area contributed by atoms with Gasteiger partial charge in [-0.1, -0.05) is 0 Å². The highest BCUT2D eigenvalue weighted by molar-refractivity contribution is 5.91. The van der Waals surface area contributed by atoms with Gasteiger partial charge in [-0.25, -0.2) is 9.59 Å². The second-order valence-electron chi connectivity index (χ2n) is 3.48. The fourth-order valence-corrected chi connectivity index (χ4v) is 1.35. The SMILES string of the molecule is COC(=O)/C=C/C(=O)OCCN1CCOCC1. The van der Waals surface area contributed by atoms with Gasteiger partial charge in [0.05, 0.1) is 20.3 Å². The number of carbonyl (C=O) groups is 2. The smallest absolute Gasteiger partial charge is 0.331 e. The van der Waals surface area contributed by atoms with Crippen LogP contribution < -0.4 is 0 Å². The van der Waals surface area contributed by atoms with E-state index in [1.807, 2.05) is 0 Å². The van der Waals surface area contributed by atoms with Crippen LogP contribution in [0.1, 0.15) is 0 Å². The molecule has 0 atom stereocenters. The van der Waals surface area contributed by atoms with Crippen LogP contribution in [0.3, 0.4) is 0 Å². The third kappa shape index (κ3) is 6.03. The van der Waals surface area contributed by atoms with E-state index < -0.39 is 11.9 Å². The lowest BCUT2D eigenvalue weighted by atomic mass is 10.4. The van der Waals surface area contributed by atoms with Gasteiger partial charge in [-0.15, -0.1) is 0 Å². The number of nitrogens with zero attached hydrogens (tertiary/aromatic N) is 1. The van der Waals surface area contributed by atoms with E-state index in [2.05, 4.69) is 9.64 Å². The molecule has 6 nitrogen and oxygen atoms in total. The van der Waals surface area contributed by atoms with Crippen molar-refractivity contribution in [2.24, 2.45) is 0 Å². The molecule has 0 aromatic rings. The predicted octanol–water partition coefficient (Wildman–Crippen LogP) is -0.409. The molecule has 0 aromatic carbocycles. The lowest BCUT2D eigenvalue weighted by molar-refractivity contribution is -0.139. The number of rotatable bonds is 5. The van der Waals surface area contributed by atoms with Gasteiger partial charge < -0.3 is 14.2 Å². The number of methoxy groups -OCH3 is 1. The van der Waals surface area contributed by atoms with Gasteiger partial charge in [-0.05, 0) is 0 Å². The van der Waals surface area contributed by atoms with E-state index >= 15 is 0 Å². The van der Waals surface area contributed by atoms with Crippen molar-refractivity contribution in [2.45, 2.75) is 0 Å². The molecule has 0 aliphatic carbocycles. The molecule has 0 amide bonds. The largest absolute Gasteiger partial charge is 0.466 e. The summed E-state index contributed by atoms with van der Waals surface area (Å²) in [6, 6.07) is 0. The number of hydrogen-bond acceptors (Lipinski definition) is 6. The minimum Gasteiger partial charge on any atom is -0.466 e. The lowest BCUT2D eigenvalue weighted by Gasteiger charge is -2.25. The highest BCUT2D eigenvalue weighted by Crippen LogP contribution is 1.96. The van der Waals surface area contributed by atoms with Crippen LogP contribution in [0.15, 0.2) is 12.2 Å².